The summed E-state index contributed by atoms with van der Waals surface area (Å²) in [4.78, 5) is 2.75. The average molecular weight is 359 g/mol. The number of benzene rings is 1. The van der Waals surface area contributed by atoms with Crippen LogP contribution < -0.4 is 5.32 Å². The number of halogens is 2. The van der Waals surface area contributed by atoms with Gasteiger partial charge in [0.15, 0.2) is 0 Å². The van der Waals surface area contributed by atoms with E-state index < -0.39 is 0 Å². The summed E-state index contributed by atoms with van der Waals surface area (Å²) in [5.74, 6) is 0.860. The highest BCUT2D eigenvalue weighted by Gasteiger charge is 2.30. The molecule has 2 fully saturated rings. The van der Waals surface area contributed by atoms with Gasteiger partial charge in [0.05, 0.1) is 0 Å². The molecule has 2 aliphatic rings. The zero-order valence-electron chi connectivity index (χ0n) is 14.5. The number of nitrogens with zero attached hydrogens (tertiary/aromatic N) is 1. The second kappa shape index (κ2) is 9.88. The van der Waals surface area contributed by atoms with Gasteiger partial charge in [-0.15, -0.1) is 24.8 Å². The van der Waals surface area contributed by atoms with Gasteiger partial charge in [-0.2, -0.15) is 0 Å². The molecule has 1 aliphatic heterocycles. The van der Waals surface area contributed by atoms with E-state index in [9.17, 15) is 0 Å². The lowest BCUT2D eigenvalue weighted by atomic mass is 9.79. The van der Waals surface area contributed by atoms with Crippen LogP contribution in [0.5, 0.6) is 0 Å². The molecule has 132 valence electrons. The number of nitrogens with one attached hydrogen (secondary N) is 1. The lowest BCUT2D eigenvalue weighted by Gasteiger charge is -2.41. The molecule has 4 heteroatoms. The highest BCUT2D eigenvalue weighted by atomic mass is 35.5. The molecule has 0 unspecified atom stereocenters. The molecule has 1 aromatic carbocycles. The van der Waals surface area contributed by atoms with Gasteiger partial charge in [0, 0.05) is 32.2 Å². The van der Waals surface area contributed by atoms with Crippen molar-refractivity contribution in [2.75, 3.05) is 26.2 Å². The first-order valence-electron chi connectivity index (χ1n) is 8.77. The third-order valence-electron chi connectivity index (χ3n) is 5.51. The van der Waals surface area contributed by atoms with E-state index in [-0.39, 0.29) is 24.8 Å². The first kappa shape index (κ1) is 20.8. The summed E-state index contributed by atoms with van der Waals surface area (Å²) in [6, 6.07) is 7.81. The van der Waals surface area contributed by atoms with Crippen LogP contribution in [0.4, 0.5) is 0 Å². The molecule has 1 atom stereocenters. The van der Waals surface area contributed by atoms with Crippen molar-refractivity contribution in [2.24, 2.45) is 5.92 Å². The molecular formula is C19H32Cl2N2. The minimum absolute atomic E-state index is 0. The van der Waals surface area contributed by atoms with E-state index >= 15 is 0 Å². The van der Waals surface area contributed by atoms with Crippen LogP contribution in [0.15, 0.2) is 18.2 Å². The molecule has 0 spiro atoms. The normalized spacial score (nSPS) is 21.1. The van der Waals surface area contributed by atoms with Crippen molar-refractivity contribution in [2.45, 2.75) is 52.0 Å². The van der Waals surface area contributed by atoms with E-state index in [1.165, 1.54) is 56.3 Å². The van der Waals surface area contributed by atoms with Crippen molar-refractivity contribution in [3.8, 4) is 0 Å². The fraction of sp³-hybridized carbons (Fsp3) is 0.684. The topological polar surface area (TPSA) is 15.3 Å². The Hall–Kier alpha value is -0.280. The van der Waals surface area contributed by atoms with E-state index in [2.05, 4.69) is 42.3 Å². The monoisotopic (exact) mass is 358 g/mol. The summed E-state index contributed by atoms with van der Waals surface area (Å²) in [5, 5.41) is 3.50. The number of hydrogen-bond donors (Lipinski definition) is 1. The predicted molar refractivity (Wildman–Crippen MR) is 104 cm³/mol. The van der Waals surface area contributed by atoms with Crippen LogP contribution >= 0.6 is 24.8 Å². The van der Waals surface area contributed by atoms with E-state index in [4.69, 9.17) is 0 Å². The lowest BCUT2D eigenvalue weighted by molar-refractivity contribution is 0.103. The van der Waals surface area contributed by atoms with Gasteiger partial charge in [0.2, 0.25) is 0 Å². The van der Waals surface area contributed by atoms with Gasteiger partial charge in [0.1, 0.15) is 0 Å². The Morgan fingerprint density at radius 1 is 0.957 bits per heavy atom. The SMILES string of the molecule is Cc1ccc([C@@H](C2CCCCC2)N2CCNCC2)cc1C.Cl.Cl. The Labute approximate surface area is 154 Å². The van der Waals surface area contributed by atoms with Crippen molar-refractivity contribution in [3.63, 3.8) is 0 Å². The molecule has 0 amide bonds. The van der Waals surface area contributed by atoms with Crippen molar-refractivity contribution in [3.05, 3.63) is 34.9 Å². The number of piperazine rings is 1. The largest absolute Gasteiger partial charge is 0.314 e. The summed E-state index contributed by atoms with van der Waals surface area (Å²) >= 11 is 0. The Morgan fingerprint density at radius 3 is 2.22 bits per heavy atom. The fourth-order valence-electron chi connectivity index (χ4n) is 4.14. The van der Waals surface area contributed by atoms with Crippen molar-refractivity contribution < 1.29 is 0 Å². The highest BCUT2D eigenvalue weighted by molar-refractivity contribution is 5.85. The van der Waals surface area contributed by atoms with E-state index in [0.29, 0.717) is 6.04 Å². The number of hydrogen-bond acceptors (Lipinski definition) is 2. The molecule has 23 heavy (non-hydrogen) atoms. The minimum atomic E-state index is 0. The Bertz CT molecular complexity index is 448. The summed E-state index contributed by atoms with van der Waals surface area (Å²) < 4.78 is 0. The van der Waals surface area contributed by atoms with Crippen LogP contribution in [0, 0.1) is 19.8 Å². The molecule has 1 saturated carbocycles. The Kier molecular flexibility index (Phi) is 8.92. The standard InChI is InChI=1S/C19H30N2.2ClH/c1-15-8-9-18(14-16(15)2)19(17-6-4-3-5-7-17)21-12-10-20-11-13-21;;/h8-9,14,17,19-20H,3-7,10-13H2,1-2H3;2*1H/t19-;;/m1../s1. The van der Waals surface area contributed by atoms with Gasteiger partial charge < -0.3 is 5.32 Å². The smallest absolute Gasteiger partial charge is 0.0377 e. The third kappa shape index (κ3) is 5.09. The van der Waals surface area contributed by atoms with Crippen LogP contribution in [0.1, 0.15) is 54.8 Å². The van der Waals surface area contributed by atoms with Gasteiger partial charge in [-0.05, 0) is 49.3 Å². The number of aryl methyl sites for hydroxylation is 2. The zero-order valence-corrected chi connectivity index (χ0v) is 16.1. The summed E-state index contributed by atoms with van der Waals surface area (Å²) in [6.45, 7) is 9.18. The summed E-state index contributed by atoms with van der Waals surface area (Å²) in [7, 11) is 0. The Morgan fingerprint density at radius 2 is 1.61 bits per heavy atom. The first-order chi connectivity index (χ1) is 10.3. The molecule has 0 radical (unpaired) electrons. The zero-order chi connectivity index (χ0) is 14.7. The van der Waals surface area contributed by atoms with Gasteiger partial charge in [0.25, 0.3) is 0 Å². The van der Waals surface area contributed by atoms with Gasteiger partial charge >= 0.3 is 0 Å². The van der Waals surface area contributed by atoms with Crippen LogP contribution in [0.25, 0.3) is 0 Å². The van der Waals surface area contributed by atoms with Crippen molar-refractivity contribution in [1.82, 2.24) is 10.2 Å². The van der Waals surface area contributed by atoms with Crippen LogP contribution in [-0.4, -0.2) is 31.1 Å². The quantitative estimate of drug-likeness (QED) is 0.843. The van der Waals surface area contributed by atoms with Crippen LogP contribution in [-0.2, 0) is 0 Å². The maximum absolute atomic E-state index is 3.50. The van der Waals surface area contributed by atoms with Crippen molar-refractivity contribution >= 4 is 24.8 Å². The highest BCUT2D eigenvalue weighted by Crippen LogP contribution is 2.38. The summed E-state index contributed by atoms with van der Waals surface area (Å²) in [5.41, 5.74) is 4.43. The van der Waals surface area contributed by atoms with Crippen LogP contribution in [0.3, 0.4) is 0 Å². The van der Waals surface area contributed by atoms with E-state index in [1.54, 1.807) is 5.56 Å². The number of rotatable bonds is 3. The van der Waals surface area contributed by atoms with Gasteiger partial charge in [-0.1, -0.05) is 37.5 Å². The molecule has 1 aromatic rings. The van der Waals surface area contributed by atoms with Crippen LogP contribution in [0.2, 0.25) is 0 Å². The third-order valence-corrected chi connectivity index (χ3v) is 5.51. The first-order valence-corrected chi connectivity index (χ1v) is 8.77. The van der Waals surface area contributed by atoms with Gasteiger partial charge in [-0.3, -0.25) is 4.90 Å². The Balaban J connectivity index is 0.00000132. The molecule has 0 aromatic heterocycles. The maximum atomic E-state index is 3.50. The molecule has 1 saturated heterocycles. The van der Waals surface area contributed by atoms with E-state index in [0.717, 1.165) is 19.0 Å². The lowest BCUT2D eigenvalue weighted by Crippen LogP contribution is -2.47. The molecule has 1 heterocycles. The molecule has 3 rings (SSSR count). The second-order valence-electron chi connectivity index (χ2n) is 6.97. The fourth-order valence-corrected chi connectivity index (χ4v) is 4.14. The van der Waals surface area contributed by atoms with E-state index in [1.807, 2.05) is 0 Å². The second-order valence-corrected chi connectivity index (χ2v) is 6.97. The minimum Gasteiger partial charge on any atom is -0.314 e. The molecule has 1 N–H and O–H groups in total. The average Bonchev–Trinajstić information content (AvgIpc) is 2.53. The molecule has 0 bridgehead atoms. The molecular weight excluding hydrogens is 327 g/mol. The molecule has 2 nitrogen and oxygen atoms in total. The predicted octanol–water partition coefficient (Wildman–Crippen LogP) is 4.67. The maximum Gasteiger partial charge on any atom is 0.0377 e. The molecule has 1 aliphatic carbocycles. The van der Waals surface area contributed by atoms with Crippen molar-refractivity contribution in [1.29, 1.82) is 0 Å². The summed E-state index contributed by atoms with van der Waals surface area (Å²) in [6.07, 6.45) is 7.14. The van der Waals surface area contributed by atoms with Gasteiger partial charge in [-0.25, -0.2) is 0 Å².